The van der Waals surface area contributed by atoms with Gasteiger partial charge in [0.15, 0.2) is 0 Å². The van der Waals surface area contributed by atoms with Gasteiger partial charge in [0.2, 0.25) is 0 Å². The Hall–Kier alpha value is -2.41. The van der Waals surface area contributed by atoms with Crippen molar-refractivity contribution < 1.29 is 19.4 Å². The predicted molar refractivity (Wildman–Crippen MR) is 126 cm³/mol. The lowest BCUT2D eigenvalue weighted by molar-refractivity contribution is 0.0694. The van der Waals surface area contributed by atoms with Crippen LogP contribution in [0.5, 0.6) is 5.75 Å². The maximum Gasteiger partial charge on any atom is 0.253 e. The zero-order valence-corrected chi connectivity index (χ0v) is 19.5. The Bertz CT molecular complexity index is 884. The number of fused-ring (bicyclic) bond motifs is 3. The fourth-order valence-electron chi connectivity index (χ4n) is 4.00. The highest BCUT2D eigenvalue weighted by atomic mass is 16.5. The SMILES string of the molecule is CCN(CCO)C(=O)c1ccc2c(c1)Cc1cccc(c1)CN(C(C)C)CCOCCO2. The molecule has 0 unspecified atom stereocenters. The first-order valence-electron chi connectivity index (χ1n) is 11.6. The molecular formula is C26H36N2O4. The predicted octanol–water partition coefficient (Wildman–Crippen LogP) is 3.35. The van der Waals surface area contributed by atoms with Crippen LogP contribution in [-0.2, 0) is 17.7 Å². The van der Waals surface area contributed by atoms with Gasteiger partial charge in [0.1, 0.15) is 12.4 Å². The van der Waals surface area contributed by atoms with E-state index >= 15 is 0 Å². The Morgan fingerprint density at radius 2 is 1.94 bits per heavy atom. The molecule has 0 atom stereocenters. The van der Waals surface area contributed by atoms with Crippen molar-refractivity contribution in [3.8, 4) is 5.75 Å². The molecule has 174 valence electrons. The Morgan fingerprint density at radius 1 is 1.12 bits per heavy atom. The summed E-state index contributed by atoms with van der Waals surface area (Å²) in [6.45, 7) is 10.6. The van der Waals surface area contributed by atoms with E-state index < -0.39 is 0 Å². The van der Waals surface area contributed by atoms with Gasteiger partial charge in [0.25, 0.3) is 5.91 Å². The minimum atomic E-state index is -0.0755. The van der Waals surface area contributed by atoms with E-state index in [1.54, 1.807) is 4.90 Å². The number of carbonyl (C=O) groups excluding carboxylic acids is 1. The maximum absolute atomic E-state index is 12.9. The van der Waals surface area contributed by atoms with E-state index in [1.165, 1.54) is 11.1 Å². The van der Waals surface area contributed by atoms with Crippen molar-refractivity contribution in [1.82, 2.24) is 9.80 Å². The van der Waals surface area contributed by atoms with Crippen molar-refractivity contribution in [3.63, 3.8) is 0 Å². The molecule has 2 aromatic carbocycles. The minimum Gasteiger partial charge on any atom is -0.491 e. The van der Waals surface area contributed by atoms with Crippen molar-refractivity contribution >= 4 is 5.91 Å². The van der Waals surface area contributed by atoms with E-state index in [2.05, 4.69) is 43.0 Å². The number of hydrogen-bond acceptors (Lipinski definition) is 5. The second kappa shape index (κ2) is 12.0. The monoisotopic (exact) mass is 440 g/mol. The minimum absolute atomic E-state index is 0.0478. The standard InChI is InChI=1S/C26H36N2O4/c1-4-27(10-12-29)26(30)23-8-9-25-24(18-23)17-21-6-5-7-22(16-21)19-28(20(2)3)11-13-31-14-15-32-25/h5-9,16,18,20,29H,4,10-15,17,19H2,1-3H3. The summed E-state index contributed by atoms with van der Waals surface area (Å²) >= 11 is 0. The van der Waals surface area contributed by atoms with Crippen LogP contribution >= 0.6 is 0 Å². The molecule has 0 saturated carbocycles. The molecule has 32 heavy (non-hydrogen) atoms. The van der Waals surface area contributed by atoms with Crippen molar-refractivity contribution in [2.24, 2.45) is 0 Å². The van der Waals surface area contributed by atoms with Gasteiger partial charge in [-0.2, -0.15) is 0 Å². The molecule has 0 aromatic heterocycles. The lowest BCUT2D eigenvalue weighted by Gasteiger charge is -2.27. The summed E-state index contributed by atoms with van der Waals surface area (Å²) in [5.41, 5.74) is 4.05. The third-order valence-corrected chi connectivity index (χ3v) is 5.86. The third-order valence-electron chi connectivity index (χ3n) is 5.86. The molecule has 0 radical (unpaired) electrons. The molecule has 1 aliphatic rings. The second-order valence-corrected chi connectivity index (χ2v) is 8.45. The van der Waals surface area contributed by atoms with Gasteiger partial charge in [-0.25, -0.2) is 0 Å². The first-order valence-corrected chi connectivity index (χ1v) is 11.6. The van der Waals surface area contributed by atoms with Crippen molar-refractivity contribution in [3.05, 3.63) is 64.7 Å². The number of likely N-dealkylation sites (N-methyl/N-ethyl adjacent to an activating group) is 1. The molecule has 0 fully saturated rings. The number of amides is 1. The molecule has 1 amide bonds. The van der Waals surface area contributed by atoms with E-state index in [9.17, 15) is 9.90 Å². The van der Waals surface area contributed by atoms with Crippen LogP contribution in [0.25, 0.3) is 0 Å². The lowest BCUT2D eigenvalue weighted by atomic mass is 9.99. The van der Waals surface area contributed by atoms with Crippen LogP contribution in [0.1, 0.15) is 47.8 Å². The number of aliphatic hydroxyl groups excluding tert-OH is 1. The molecule has 3 rings (SSSR count). The number of carbonyl (C=O) groups is 1. The fraction of sp³-hybridized carbons (Fsp3) is 0.500. The Labute approximate surface area is 191 Å². The van der Waals surface area contributed by atoms with Crippen LogP contribution in [-0.4, -0.2) is 72.9 Å². The van der Waals surface area contributed by atoms with E-state index in [0.717, 1.165) is 24.4 Å². The van der Waals surface area contributed by atoms with E-state index in [-0.39, 0.29) is 12.5 Å². The highest BCUT2D eigenvalue weighted by molar-refractivity contribution is 5.94. The van der Waals surface area contributed by atoms with Crippen molar-refractivity contribution in [2.75, 3.05) is 46.1 Å². The molecule has 1 heterocycles. The van der Waals surface area contributed by atoms with Crippen LogP contribution in [0.2, 0.25) is 0 Å². The summed E-state index contributed by atoms with van der Waals surface area (Å²) < 4.78 is 11.9. The lowest BCUT2D eigenvalue weighted by Crippen LogP contribution is -2.33. The summed E-state index contributed by atoms with van der Waals surface area (Å²) in [6, 6.07) is 14.7. The van der Waals surface area contributed by atoms with Gasteiger partial charge < -0.3 is 19.5 Å². The van der Waals surface area contributed by atoms with Gasteiger partial charge in [-0.15, -0.1) is 0 Å². The molecule has 6 heteroatoms. The molecule has 0 saturated heterocycles. The molecular weight excluding hydrogens is 404 g/mol. The van der Waals surface area contributed by atoms with Gasteiger partial charge in [0, 0.05) is 44.2 Å². The largest absolute Gasteiger partial charge is 0.491 e. The molecule has 0 spiro atoms. The van der Waals surface area contributed by atoms with Gasteiger partial charge in [-0.1, -0.05) is 24.3 Å². The van der Waals surface area contributed by atoms with Crippen LogP contribution in [0, 0.1) is 0 Å². The molecule has 2 bridgehead atoms. The second-order valence-electron chi connectivity index (χ2n) is 8.45. The Balaban J connectivity index is 1.92. The molecule has 2 aromatic rings. The van der Waals surface area contributed by atoms with Crippen LogP contribution in [0.3, 0.4) is 0 Å². The number of benzene rings is 2. The van der Waals surface area contributed by atoms with E-state index in [0.29, 0.717) is 50.9 Å². The van der Waals surface area contributed by atoms with Crippen molar-refractivity contribution in [2.45, 2.75) is 39.8 Å². The summed E-state index contributed by atoms with van der Waals surface area (Å²) in [5.74, 6) is 0.704. The number of rotatable bonds is 5. The quantitative estimate of drug-likeness (QED) is 0.773. The topological polar surface area (TPSA) is 62.2 Å². The Morgan fingerprint density at radius 3 is 2.69 bits per heavy atom. The number of ether oxygens (including phenoxy) is 2. The average Bonchev–Trinajstić information content (AvgIpc) is 2.78. The first kappa shape index (κ1) is 24.2. The zero-order chi connectivity index (χ0) is 22.9. The fourth-order valence-corrected chi connectivity index (χ4v) is 4.00. The zero-order valence-electron chi connectivity index (χ0n) is 19.5. The molecule has 1 aliphatic heterocycles. The summed E-state index contributed by atoms with van der Waals surface area (Å²) in [7, 11) is 0. The number of aliphatic hydroxyl groups is 1. The van der Waals surface area contributed by atoms with Gasteiger partial charge in [0.05, 0.1) is 19.8 Å². The van der Waals surface area contributed by atoms with Gasteiger partial charge >= 0.3 is 0 Å². The number of nitrogens with zero attached hydrogens (tertiary/aromatic N) is 2. The summed E-state index contributed by atoms with van der Waals surface area (Å²) in [5, 5.41) is 9.28. The third kappa shape index (κ3) is 6.55. The molecule has 1 N–H and O–H groups in total. The summed E-state index contributed by atoms with van der Waals surface area (Å²) in [6.07, 6.45) is 0.680. The van der Waals surface area contributed by atoms with Crippen LogP contribution < -0.4 is 4.74 Å². The normalized spacial score (nSPS) is 15.5. The van der Waals surface area contributed by atoms with Gasteiger partial charge in [-0.05, 0) is 55.7 Å². The van der Waals surface area contributed by atoms with Crippen LogP contribution in [0.15, 0.2) is 42.5 Å². The summed E-state index contributed by atoms with van der Waals surface area (Å²) in [4.78, 5) is 17.0. The van der Waals surface area contributed by atoms with Gasteiger partial charge in [-0.3, -0.25) is 9.69 Å². The molecule has 0 aliphatic carbocycles. The number of hydrogen-bond donors (Lipinski definition) is 1. The first-order chi connectivity index (χ1) is 15.5. The van der Waals surface area contributed by atoms with E-state index in [1.807, 2.05) is 25.1 Å². The Kier molecular flexibility index (Phi) is 9.09. The van der Waals surface area contributed by atoms with Crippen LogP contribution in [0.4, 0.5) is 0 Å². The smallest absolute Gasteiger partial charge is 0.253 e. The average molecular weight is 441 g/mol. The highest BCUT2D eigenvalue weighted by Crippen LogP contribution is 2.25. The van der Waals surface area contributed by atoms with Crippen molar-refractivity contribution in [1.29, 1.82) is 0 Å². The molecule has 6 nitrogen and oxygen atoms in total. The highest BCUT2D eigenvalue weighted by Gasteiger charge is 2.17. The maximum atomic E-state index is 12.9. The van der Waals surface area contributed by atoms with E-state index in [4.69, 9.17) is 9.47 Å².